The number of H-pyrrole nitrogens is 1. The first kappa shape index (κ1) is 27.6. The fraction of sp³-hybridized carbons (Fsp3) is 0.545. The molecule has 1 amide bonds. The maximum atomic E-state index is 13.1. The molecular weight excluding hydrogens is 526 g/mol. The first-order valence-corrected chi connectivity index (χ1v) is 11.6. The Morgan fingerprint density at radius 2 is 1.97 bits per heavy atom. The molecule has 0 spiro atoms. The number of ether oxygens (including phenoxy) is 1. The number of nitrogens with one attached hydrogen (secondary N) is 2. The lowest BCUT2D eigenvalue weighted by Crippen LogP contribution is -2.58. The molecule has 4 heterocycles. The number of halogens is 6. The lowest BCUT2D eigenvalue weighted by atomic mass is 9.95. The first-order valence-electron chi connectivity index (χ1n) is 11.6. The number of alkyl halides is 6. The lowest BCUT2D eigenvalue weighted by Gasteiger charge is -2.45. The molecule has 0 saturated carbocycles. The van der Waals surface area contributed by atoms with E-state index in [9.17, 15) is 41.0 Å². The fourth-order valence-corrected chi connectivity index (χ4v) is 4.55. The zero-order valence-corrected chi connectivity index (χ0v) is 19.8. The second kappa shape index (κ2) is 10.8. The summed E-state index contributed by atoms with van der Waals surface area (Å²) in [6.45, 7) is 0.0492. The molecule has 3 N–H and O–H groups in total. The highest BCUT2D eigenvalue weighted by molar-refractivity contribution is 5.81. The van der Waals surface area contributed by atoms with Gasteiger partial charge in [0.1, 0.15) is 11.4 Å². The standard InChI is InChI=1S/C22H24F6N6O4/c23-21(24,25)13-7-12-1-2-14-10-33(4-5-34(14)18(12)30-8-13)20(37)16(35)11-38-6-3-29-15-9-31-32-19(36)17(15)22(26,27)28/h7-9,14,16,35H,1-6,10-11H2,(H2,29,32,36). The van der Waals surface area contributed by atoms with E-state index < -0.39 is 53.3 Å². The molecule has 2 aliphatic rings. The van der Waals surface area contributed by atoms with Crippen LogP contribution in [0.3, 0.4) is 0 Å². The number of aryl methyl sites for hydroxylation is 1. The quantitative estimate of drug-likeness (QED) is 0.352. The van der Waals surface area contributed by atoms with Crippen LogP contribution in [0.5, 0.6) is 0 Å². The van der Waals surface area contributed by atoms with E-state index in [1.54, 1.807) is 5.10 Å². The molecule has 10 nitrogen and oxygen atoms in total. The van der Waals surface area contributed by atoms with Gasteiger partial charge in [-0.3, -0.25) is 9.59 Å². The number of rotatable bonds is 7. The number of anilines is 2. The van der Waals surface area contributed by atoms with Gasteiger partial charge in [-0.05, 0) is 24.5 Å². The summed E-state index contributed by atoms with van der Waals surface area (Å²) in [4.78, 5) is 31.5. The van der Waals surface area contributed by atoms with Crippen LogP contribution in [0.4, 0.5) is 37.8 Å². The van der Waals surface area contributed by atoms with Crippen LogP contribution in [0, 0.1) is 0 Å². The number of fused-ring (bicyclic) bond motifs is 3. The smallest absolute Gasteiger partial charge is 0.381 e. The highest BCUT2D eigenvalue weighted by Gasteiger charge is 2.39. The van der Waals surface area contributed by atoms with E-state index in [4.69, 9.17) is 4.74 Å². The number of amides is 1. The summed E-state index contributed by atoms with van der Waals surface area (Å²) in [7, 11) is 0. The number of carbonyl (C=O) groups is 1. The van der Waals surface area contributed by atoms with Crippen molar-refractivity contribution < 1.29 is 41.0 Å². The minimum Gasteiger partial charge on any atom is -0.381 e. The third kappa shape index (κ3) is 6.01. The monoisotopic (exact) mass is 550 g/mol. The molecule has 2 atom stereocenters. The van der Waals surface area contributed by atoms with Gasteiger partial charge in [0, 0.05) is 38.4 Å². The minimum absolute atomic E-state index is 0.154. The van der Waals surface area contributed by atoms with Crippen LogP contribution in [0.2, 0.25) is 0 Å². The molecule has 0 aliphatic carbocycles. The number of nitrogens with zero attached hydrogens (tertiary/aromatic N) is 4. The predicted molar refractivity (Wildman–Crippen MR) is 120 cm³/mol. The molecule has 38 heavy (non-hydrogen) atoms. The van der Waals surface area contributed by atoms with Crippen LogP contribution >= 0.6 is 0 Å². The largest absolute Gasteiger partial charge is 0.423 e. The maximum Gasteiger partial charge on any atom is 0.423 e. The van der Waals surface area contributed by atoms with Gasteiger partial charge in [-0.15, -0.1) is 0 Å². The van der Waals surface area contributed by atoms with Crippen LogP contribution in [0.15, 0.2) is 23.3 Å². The Bertz CT molecular complexity index is 1220. The molecule has 2 unspecified atom stereocenters. The first-order chi connectivity index (χ1) is 17.9. The van der Waals surface area contributed by atoms with Crippen molar-refractivity contribution in [3.8, 4) is 0 Å². The average Bonchev–Trinajstić information content (AvgIpc) is 2.85. The molecule has 0 radical (unpaired) electrons. The highest BCUT2D eigenvalue weighted by atomic mass is 19.4. The third-order valence-electron chi connectivity index (χ3n) is 6.35. The van der Waals surface area contributed by atoms with Crippen molar-refractivity contribution in [1.82, 2.24) is 20.1 Å². The van der Waals surface area contributed by atoms with Crippen LogP contribution in [0.1, 0.15) is 23.1 Å². The number of aliphatic hydroxyl groups is 1. The van der Waals surface area contributed by atoms with Crippen molar-refractivity contribution in [2.45, 2.75) is 37.3 Å². The lowest BCUT2D eigenvalue weighted by molar-refractivity contribution is -0.144. The van der Waals surface area contributed by atoms with Crippen molar-refractivity contribution in [2.24, 2.45) is 0 Å². The molecule has 208 valence electrons. The molecule has 4 rings (SSSR count). The normalized spacial score (nSPS) is 18.6. The van der Waals surface area contributed by atoms with Gasteiger partial charge >= 0.3 is 12.4 Å². The number of hydrogen-bond donors (Lipinski definition) is 3. The van der Waals surface area contributed by atoms with Crippen LogP contribution in [0.25, 0.3) is 0 Å². The van der Waals surface area contributed by atoms with E-state index in [0.717, 1.165) is 18.5 Å². The summed E-state index contributed by atoms with van der Waals surface area (Å²) < 4.78 is 83.4. The van der Waals surface area contributed by atoms with E-state index >= 15 is 0 Å². The Labute approximate surface area is 211 Å². The number of carbonyl (C=O) groups excluding carboxylic acids is 1. The summed E-state index contributed by atoms with van der Waals surface area (Å²) in [6, 6.07) is 0.926. The molecule has 16 heteroatoms. The number of piperazine rings is 1. The van der Waals surface area contributed by atoms with Crippen molar-refractivity contribution >= 4 is 17.4 Å². The van der Waals surface area contributed by atoms with Gasteiger partial charge in [0.2, 0.25) is 0 Å². The maximum absolute atomic E-state index is 13.1. The van der Waals surface area contributed by atoms with E-state index in [1.165, 1.54) is 4.90 Å². The summed E-state index contributed by atoms with van der Waals surface area (Å²) in [5.74, 6) is -0.135. The number of aromatic nitrogens is 3. The van der Waals surface area contributed by atoms with Crippen molar-refractivity contribution in [3.63, 3.8) is 0 Å². The molecule has 1 saturated heterocycles. The van der Waals surface area contributed by atoms with Gasteiger partial charge in [0.05, 0.1) is 30.7 Å². The molecule has 0 bridgehead atoms. The van der Waals surface area contributed by atoms with Crippen molar-refractivity contribution in [2.75, 3.05) is 49.6 Å². The van der Waals surface area contributed by atoms with E-state index in [-0.39, 0.29) is 32.3 Å². The van der Waals surface area contributed by atoms with E-state index in [2.05, 4.69) is 15.4 Å². The summed E-state index contributed by atoms with van der Waals surface area (Å²) in [5, 5.41) is 17.7. The molecule has 2 aliphatic heterocycles. The molecule has 0 aromatic carbocycles. The van der Waals surface area contributed by atoms with Crippen LogP contribution < -0.4 is 15.8 Å². The number of hydrogen-bond acceptors (Lipinski definition) is 8. The Kier molecular flexibility index (Phi) is 7.83. The Morgan fingerprint density at radius 1 is 1.21 bits per heavy atom. The van der Waals surface area contributed by atoms with Gasteiger partial charge < -0.3 is 25.0 Å². The van der Waals surface area contributed by atoms with E-state index in [0.29, 0.717) is 30.8 Å². The highest BCUT2D eigenvalue weighted by Crippen LogP contribution is 2.36. The van der Waals surface area contributed by atoms with Crippen LogP contribution in [-0.4, -0.2) is 82.6 Å². The van der Waals surface area contributed by atoms with Gasteiger partial charge in [0.15, 0.2) is 6.10 Å². The number of pyridine rings is 1. The van der Waals surface area contributed by atoms with Gasteiger partial charge in [-0.2, -0.15) is 31.4 Å². The fourth-order valence-electron chi connectivity index (χ4n) is 4.55. The summed E-state index contributed by atoms with van der Waals surface area (Å²) >= 11 is 0. The van der Waals surface area contributed by atoms with Crippen molar-refractivity contribution in [1.29, 1.82) is 0 Å². The topological polar surface area (TPSA) is 124 Å². The average molecular weight is 550 g/mol. The molecular formula is C22H24F6N6O4. The number of aromatic amines is 1. The zero-order chi connectivity index (χ0) is 27.7. The Balaban J connectivity index is 1.25. The van der Waals surface area contributed by atoms with Gasteiger partial charge in [-0.25, -0.2) is 10.1 Å². The molecule has 2 aromatic rings. The van der Waals surface area contributed by atoms with Crippen molar-refractivity contribution in [3.05, 3.63) is 45.5 Å². The molecule has 1 fully saturated rings. The SMILES string of the molecule is O=C(C(O)COCCNc1cn[nH]c(=O)c1C(F)(F)F)N1CCN2c3ncc(C(F)(F)F)cc3CCC2C1. The second-order valence-electron chi connectivity index (χ2n) is 8.88. The van der Waals surface area contributed by atoms with Crippen LogP contribution in [-0.2, 0) is 28.3 Å². The van der Waals surface area contributed by atoms with Gasteiger partial charge in [0.25, 0.3) is 11.5 Å². The Morgan fingerprint density at radius 3 is 2.68 bits per heavy atom. The summed E-state index contributed by atoms with van der Waals surface area (Å²) in [6.07, 6.45) is -8.40. The minimum atomic E-state index is -4.89. The Hall–Kier alpha value is -3.40. The summed E-state index contributed by atoms with van der Waals surface area (Å²) in [5.41, 5.74) is -3.67. The number of aliphatic hydroxyl groups excluding tert-OH is 1. The third-order valence-corrected chi connectivity index (χ3v) is 6.35. The predicted octanol–water partition coefficient (Wildman–Crippen LogP) is 1.66. The van der Waals surface area contributed by atoms with E-state index in [1.807, 2.05) is 4.90 Å². The second-order valence-corrected chi connectivity index (χ2v) is 8.88. The van der Waals surface area contributed by atoms with Gasteiger partial charge in [-0.1, -0.05) is 0 Å². The zero-order valence-electron chi connectivity index (χ0n) is 19.8. The molecule has 2 aromatic heterocycles.